The van der Waals surface area contributed by atoms with Gasteiger partial charge in [-0.1, -0.05) is 103 Å². The van der Waals surface area contributed by atoms with Gasteiger partial charge in [0.2, 0.25) is 0 Å². The van der Waals surface area contributed by atoms with E-state index in [9.17, 15) is 0 Å². The normalized spacial score (nSPS) is 15.8. The second-order valence-electron chi connectivity index (χ2n) is 13.7. The monoisotopic (exact) mass is 610 g/mol. The van der Waals surface area contributed by atoms with E-state index in [2.05, 4.69) is 176 Å². The Kier molecular flexibility index (Phi) is 6.11. The predicted molar refractivity (Wildman–Crippen MR) is 196 cm³/mol. The molecule has 3 heterocycles. The molecule has 0 bridgehead atoms. The molecular formula is C42H35BN2O2. The summed E-state index contributed by atoms with van der Waals surface area (Å²) in [5, 5.41) is 4.87. The summed E-state index contributed by atoms with van der Waals surface area (Å²) < 4.78 is 17.9. The summed E-state index contributed by atoms with van der Waals surface area (Å²) in [7, 11) is -0.446. The number of hydrogen-bond donors (Lipinski definition) is 0. The third kappa shape index (κ3) is 4.24. The second kappa shape index (κ2) is 10.2. The van der Waals surface area contributed by atoms with Crippen molar-refractivity contribution in [2.24, 2.45) is 0 Å². The van der Waals surface area contributed by atoms with Crippen molar-refractivity contribution < 1.29 is 9.31 Å². The van der Waals surface area contributed by atoms with Gasteiger partial charge in [-0.25, -0.2) is 0 Å². The SMILES string of the molecule is CC1(C)OB(c2ccc3c4ccccc4n(-c4cccc5c6ccccc6n(-c6cccc(-c7ccccc7)c6)c45)c3c2)OC1(C)C. The highest BCUT2D eigenvalue weighted by atomic mass is 16.7. The first-order valence-electron chi connectivity index (χ1n) is 16.4. The lowest BCUT2D eigenvalue weighted by Crippen LogP contribution is -2.41. The van der Waals surface area contributed by atoms with Gasteiger partial charge in [0.05, 0.1) is 39.0 Å². The van der Waals surface area contributed by atoms with E-state index in [1.54, 1.807) is 0 Å². The second-order valence-corrected chi connectivity index (χ2v) is 13.7. The first kappa shape index (κ1) is 28.2. The molecule has 0 amide bonds. The van der Waals surface area contributed by atoms with Crippen LogP contribution in [-0.2, 0) is 9.31 Å². The van der Waals surface area contributed by atoms with Crippen molar-refractivity contribution in [3.63, 3.8) is 0 Å². The highest BCUT2D eigenvalue weighted by Gasteiger charge is 2.51. The Labute approximate surface area is 274 Å². The van der Waals surface area contributed by atoms with Crippen LogP contribution in [0.5, 0.6) is 0 Å². The molecule has 47 heavy (non-hydrogen) atoms. The van der Waals surface area contributed by atoms with Gasteiger partial charge in [0.25, 0.3) is 0 Å². The molecule has 0 unspecified atom stereocenters. The zero-order valence-corrected chi connectivity index (χ0v) is 27.1. The van der Waals surface area contributed by atoms with Crippen LogP contribution in [0.15, 0.2) is 140 Å². The zero-order valence-electron chi connectivity index (χ0n) is 27.1. The zero-order chi connectivity index (χ0) is 31.9. The van der Waals surface area contributed by atoms with Crippen LogP contribution in [0.2, 0.25) is 0 Å². The summed E-state index contributed by atoms with van der Waals surface area (Å²) in [6, 6.07) is 50.3. The summed E-state index contributed by atoms with van der Waals surface area (Å²) in [5.74, 6) is 0. The van der Waals surface area contributed by atoms with Crippen LogP contribution >= 0.6 is 0 Å². The first-order chi connectivity index (χ1) is 22.8. The van der Waals surface area contributed by atoms with E-state index in [0.717, 1.165) is 27.9 Å². The van der Waals surface area contributed by atoms with Crippen LogP contribution < -0.4 is 5.46 Å². The van der Waals surface area contributed by atoms with Crippen molar-refractivity contribution in [1.82, 2.24) is 9.13 Å². The average molecular weight is 611 g/mol. The van der Waals surface area contributed by atoms with Crippen LogP contribution in [0.1, 0.15) is 27.7 Å². The molecule has 1 aliphatic heterocycles. The molecular weight excluding hydrogens is 575 g/mol. The summed E-state index contributed by atoms with van der Waals surface area (Å²) in [6.07, 6.45) is 0. The average Bonchev–Trinajstić information content (AvgIpc) is 3.68. The third-order valence-electron chi connectivity index (χ3n) is 10.3. The smallest absolute Gasteiger partial charge is 0.399 e. The molecule has 0 saturated carbocycles. The Morgan fingerprint density at radius 3 is 1.79 bits per heavy atom. The van der Waals surface area contributed by atoms with Crippen molar-refractivity contribution in [2.75, 3.05) is 0 Å². The third-order valence-corrected chi connectivity index (χ3v) is 10.3. The highest BCUT2D eigenvalue weighted by molar-refractivity contribution is 6.62. The summed E-state index contributed by atoms with van der Waals surface area (Å²) in [4.78, 5) is 0. The minimum Gasteiger partial charge on any atom is -0.399 e. The Morgan fingerprint density at radius 1 is 0.468 bits per heavy atom. The number of para-hydroxylation sites is 3. The van der Waals surface area contributed by atoms with Crippen molar-refractivity contribution in [3.05, 3.63) is 140 Å². The van der Waals surface area contributed by atoms with Gasteiger partial charge in [-0.05, 0) is 80.7 Å². The minimum absolute atomic E-state index is 0.417. The van der Waals surface area contributed by atoms with Crippen molar-refractivity contribution in [2.45, 2.75) is 38.9 Å². The van der Waals surface area contributed by atoms with E-state index in [1.165, 1.54) is 43.7 Å². The maximum Gasteiger partial charge on any atom is 0.494 e. The fourth-order valence-corrected chi connectivity index (χ4v) is 7.28. The fraction of sp³-hybridized carbons (Fsp3) is 0.143. The number of nitrogens with zero attached hydrogens (tertiary/aromatic N) is 2. The number of rotatable bonds is 4. The maximum atomic E-state index is 6.52. The Morgan fingerprint density at radius 2 is 1.04 bits per heavy atom. The molecule has 228 valence electrons. The Hall–Kier alpha value is -5.10. The number of fused-ring (bicyclic) bond motifs is 6. The molecule has 0 aliphatic carbocycles. The van der Waals surface area contributed by atoms with Gasteiger partial charge in [-0.2, -0.15) is 0 Å². The molecule has 8 aromatic rings. The van der Waals surface area contributed by atoms with E-state index >= 15 is 0 Å². The van der Waals surface area contributed by atoms with Crippen LogP contribution in [0, 0.1) is 0 Å². The highest BCUT2D eigenvalue weighted by Crippen LogP contribution is 2.41. The number of aromatic nitrogens is 2. The Balaban J connectivity index is 1.34. The maximum absolute atomic E-state index is 6.52. The van der Waals surface area contributed by atoms with Gasteiger partial charge in [0.1, 0.15) is 0 Å². The van der Waals surface area contributed by atoms with Crippen LogP contribution in [0.25, 0.3) is 66.1 Å². The molecule has 6 aromatic carbocycles. The molecule has 5 heteroatoms. The first-order valence-corrected chi connectivity index (χ1v) is 16.4. The van der Waals surface area contributed by atoms with Gasteiger partial charge in [0.15, 0.2) is 0 Å². The molecule has 1 saturated heterocycles. The van der Waals surface area contributed by atoms with Crippen LogP contribution in [0.4, 0.5) is 0 Å². The van der Waals surface area contributed by atoms with Crippen molar-refractivity contribution in [3.8, 4) is 22.5 Å². The van der Waals surface area contributed by atoms with Crippen LogP contribution in [0.3, 0.4) is 0 Å². The number of benzene rings is 6. The molecule has 1 fully saturated rings. The summed E-state index contributed by atoms with van der Waals surface area (Å²) in [5.41, 5.74) is 9.47. The Bertz CT molecular complexity index is 2470. The molecule has 0 spiro atoms. The summed E-state index contributed by atoms with van der Waals surface area (Å²) >= 11 is 0. The predicted octanol–water partition coefficient (Wildman–Crippen LogP) is 9.85. The lowest BCUT2D eigenvalue weighted by atomic mass is 9.79. The van der Waals surface area contributed by atoms with E-state index in [4.69, 9.17) is 9.31 Å². The van der Waals surface area contributed by atoms with Crippen LogP contribution in [-0.4, -0.2) is 27.5 Å². The van der Waals surface area contributed by atoms with Crippen molar-refractivity contribution in [1.29, 1.82) is 0 Å². The lowest BCUT2D eigenvalue weighted by molar-refractivity contribution is 0.00578. The van der Waals surface area contributed by atoms with Gasteiger partial charge in [-0.3, -0.25) is 0 Å². The van der Waals surface area contributed by atoms with E-state index in [0.29, 0.717) is 0 Å². The molecule has 9 rings (SSSR count). The lowest BCUT2D eigenvalue weighted by Gasteiger charge is -2.32. The molecule has 4 nitrogen and oxygen atoms in total. The van der Waals surface area contributed by atoms with Gasteiger partial charge in [0, 0.05) is 27.2 Å². The van der Waals surface area contributed by atoms with Gasteiger partial charge >= 0.3 is 7.12 Å². The molecule has 0 atom stereocenters. The summed E-state index contributed by atoms with van der Waals surface area (Å²) in [6.45, 7) is 8.42. The largest absolute Gasteiger partial charge is 0.494 e. The standard InChI is InChI=1S/C42H35BN2O2/c1-41(2)42(3,4)47-43(46-41)30-24-25-34-32-18-8-11-22-37(32)45(39(34)27-30)38-23-13-20-35-33-19-9-10-21-36(33)44(40(35)38)31-17-12-16-29(26-31)28-14-6-5-7-15-28/h5-27H,1-4H3. The van der Waals surface area contributed by atoms with Gasteiger partial charge < -0.3 is 18.4 Å². The van der Waals surface area contributed by atoms with E-state index in [-0.39, 0.29) is 0 Å². The van der Waals surface area contributed by atoms with Crippen molar-refractivity contribution >= 4 is 56.2 Å². The molecule has 1 aliphatic rings. The van der Waals surface area contributed by atoms with E-state index in [1.807, 2.05) is 0 Å². The quantitative estimate of drug-likeness (QED) is 0.186. The molecule has 0 radical (unpaired) electrons. The molecule has 0 N–H and O–H groups in total. The minimum atomic E-state index is -0.446. The van der Waals surface area contributed by atoms with E-state index < -0.39 is 18.3 Å². The fourth-order valence-electron chi connectivity index (χ4n) is 7.28. The van der Waals surface area contributed by atoms with Gasteiger partial charge in [-0.15, -0.1) is 0 Å². The molecule has 2 aromatic heterocycles. The number of hydrogen-bond acceptors (Lipinski definition) is 2. The topological polar surface area (TPSA) is 28.3 Å².